The summed E-state index contributed by atoms with van der Waals surface area (Å²) in [7, 11) is 0. The summed E-state index contributed by atoms with van der Waals surface area (Å²) in [5.41, 5.74) is 6.17. The lowest BCUT2D eigenvalue weighted by molar-refractivity contribution is -0.0980. The number of benzene rings is 1. The number of unbranched alkanes of at least 4 members (excludes halogenated alkanes) is 1. The van der Waals surface area contributed by atoms with Gasteiger partial charge in [-0.3, -0.25) is 0 Å². The molecule has 1 rings (SSSR count). The van der Waals surface area contributed by atoms with Crippen molar-refractivity contribution < 1.29 is 14.7 Å². The van der Waals surface area contributed by atoms with Gasteiger partial charge in [-0.05, 0) is 36.1 Å². The fourth-order valence-electron chi connectivity index (χ4n) is 0.626. The number of carbonyl (C=O) groups is 2. The Morgan fingerprint density at radius 1 is 1.00 bits per heavy atom. The number of hydrogen-bond donors (Lipinski definition) is 2. The van der Waals surface area contributed by atoms with Gasteiger partial charge in [0, 0.05) is 5.69 Å². The number of rotatable bonds is 3. The number of hydrogen-bond acceptors (Lipinski definition) is 3. The summed E-state index contributed by atoms with van der Waals surface area (Å²) in [6, 6.07) is 6.06. The van der Waals surface area contributed by atoms with E-state index in [1.807, 2.05) is 6.79 Å². The molecule has 0 aliphatic rings. The van der Waals surface area contributed by atoms with Crippen LogP contribution < -0.4 is 5.73 Å². The highest BCUT2D eigenvalue weighted by atomic mass is 16.4. The average Bonchev–Trinajstić information content (AvgIpc) is 2.50. The standard InChI is InChI=1S/C7H7NO2.C6H14.C4H10.CH2O/c8-6-3-1-5(2-4-6)7(9)10;1-5(2)6(3)4;1-3-4-2;1-2/h1-4H,8H2,(H,9,10);5-6H,1-4H3;3-4H2,1-2H3;1H2. The lowest BCUT2D eigenvalue weighted by Crippen LogP contribution is -1.95. The third kappa shape index (κ3) is 18.2. The molecule has 0 aliphatic carbocycles. The summed E-state index contributed by atoms with van der Waals surface area (Å²) in [5, 5.41) is 8.43. The van der Waals surface area contributed by atoms with Gasteiger partial charge in [-0.1, -0.05) is 54.4 Å². The van der Waals surface area contributed by atoms with Crippen molar-refractivity contribution in [3.63, 3.8) is 0 Å². The molecule has 0 heterocycles. The van der Waals surface area contributed by atoms with Crippen LogP contribution in [0.25, 0.3) is 0 Å². The molecule has 0 amide bonds. The van der Waals surface area contributed by atoms with Gasteiger partial charge in [0.25, 0.3) is 0 Å². The number of carboxylic acids is 1. The van der Waals surface area contributed by atoms with Crippen molar-refractivity contribution in [3.05, 3.63) is 29.8 Å². The molecule has 4 heteroatoms. The Kier molecular flexibility index (Phi) is 19.7. The molecule has 0 aliphatic heterocycles. The van der Waals surface area contributed by atoms with Crippen LogP contribution in [0.4, 0.5) is 5.69 Å². The van der Waals surface area contributed by atoms with Crippen molar-refractivity contribution in [2.75, 3.05) is 5.73 Å². The van der Waals surface area contributed by atoms with Crippen LogP contribution in [0.5, 0.6) is 0 Å². The van der Waals surface area contributed by atoms with Gasteiger partial charge in [-0.15, -0.1) is 0 Å². The fraction of sp³-hybridized carbons (Fsp3) is 0.556. The second-order valence-corrected chi connectivity index (χ2v) is 5.42. The Morgan fingerprint density at radius 3 is 1.50 bits per heavy atom. The normalized spacial score (nSPS) is 8.73. The van der Waals surface area contributed by atoms with Crippen LogP contribution in [0.1, 0.15) is 64.7 Å². The van der Waals surface area contributed by atoms with Crippen LogP contribution in [0.3, 0.4) is 0 Å². The van der Waals surface area contributed by atoms with Crippen LogP contribution in [0.15, 0.2) is 24.3 Å². The number of nitrogens with two attached hydrogens (primary N) is 1. The van der Waals surface area contributed by atoms with Gasteiger partial charge in [0.05, 0.1) is 5.56 Å². The highest BCUT2D eigenvalue weighted by Gasteiger charge is 1.98. The quantitative estimate of drug-likeness (QED) is 0.779. The van der Waals surface area contributed by atoms with Crippen molar-refractivity contribution in [1.29, 1.82) is 0 Å². The van der Waals surface area contributed by atoms with Crippen molar-refractivity contribution in [2.45, 2.75) is 54.4 Å². The molecule has 0 unspecified atom stereocenters. The minimum atomic E-state index is -0.931. The third-order valence-electron chi connectivity index (χ3n) is 2.99. The van der Waals surface area contributed by atoms with E-state index in [-0.39, 0.29) is 5.56 Å². The molecule has 0 aromatic heterocycles. The van der Waals surface area contributed by atoms with E-state index in [0.29, 0.717) is 5.69 Å². The van der Waals surface area contributed by atoms with E-state index in [0.717, 1.165) is 11.8 Å². The zero-order valence-electron chi connectivity index (χ0n) is 14.9. The molecule has 1 aromatic carbocycles. The summed E-state index contributed by atoms with van der Waals surface area (Å²) in [6.07, 6.45) is 2.64. The molecular weight excluding hydrogens is 278 g/mol. The predicted octanol–water partition coefficient (Wildman–Crippen LogP) is 4.89. The van der Waals surface area contributed by atoms with E-state index in [4.69, 9.17) is 15.6 Å². The second kappa shape index (κ2) is 17.2. The van der Waals surface area contributed by atoms with E-state index in [9.17, 15) is 4.79 Å². The molecule has 22 heavy (non-hydrogen) atoms. The molecule has 4 nitrogen and oxygen atoms in total. The van der Waals surface area contributed by atoms with Crippen LogP contribution in [0, 0.1) is 11.8 Å². The number of carboxylic acid groups (broad SMARTS) is 1. The summed E-state index contributed by atoms with van der Waals surface area (Å²) in [6.45, 7) is 15.3. The second-order valence-electron chi connectivity index (χ2n) is 5.42. The third-order valence-corrected chi connectivity index (χ3v) is 2.99. The molecular formula is C18H33NO3. The summed E-state index contributed by atoms with van der Waals surface area (Å²) in [5.74, 6) is 0.773. The Balaban J connectivity index is -0.000000259. The van der Waals surface area contributed by atoms with Crippen molar-refractivity contribution in [1.82, 2.24) is 0 Å². The van der Waals surface area contributed by atoms with Gasteiger partial charge in [-0.25, -0.2) is 4.79 Å². The minimum Gasteiger partial charge on any atom is -0.478 e. The first kappa shape index (κ1) is 25.1. The minimum absolute atomic E-state index is 0.259. The molecule has 0 atom stereocenters. The first-order valence-electron chi connectivity index (χ1n) is 7.63. The molecule has 0 saturated carbocycles. The van der Waals surface area contributed by atoms with E-state index in [1.165, 1.54) is 25.0 Å². The average molecular weight is 311 g/mol. The maximum atomic E-state index is 10.3. The lowest BCUT2D eigenvalue weighted by Gasteiger charge is -2.05. The SMILES string of the molecule is C=O.CC(C)C(C)C.CCCC.Nc1ccc(C(=O)O)cc1. The zero-order chi connectivity index (χ0) is 18.1. The van der Waals surface area contributed by atoms with E-state index in [2.05, 4.69) is 41.5 Å². The fourth-order valence-corrected chi connectivity index (χ4v) is 0.626. The van der Waals surface area contributed by atoms with E-state index >= 15 is 0 Å². The number of aromatic carboxylic acids is 1. The highest BCUT2D eigenvalue weighted by molar-refractivity contribution is 5.87. The number of carbonyl (C=O) groups excluding carboxylic acids is 1. The lowest BCUT2D eigenvalue weighted by atomic mass is 10.0. The van der Waals surface area contributed by atoms with Crippen LogP contribution in [-0.4, -0.2) is 17.9 Å². The van der Waals surface area contributed by atoms with Gasteiger partial charge in [-0.2, -0.15) is 0 Å². The Bertz CT molecular complexity index is 351. The molecule has 0 radical (unpaired) electrons. The molecule has 0 bridgehead atoms. The Morgan fingerprint density at radius 2 is 1.32 bits per heavy atom. The smallest absolute Gasteiger partial charge is 0.335 e. The van der Waals surface area contributed by atoms with Crippen molar-refractivity contribution >= 4 is 18.4 Å². The molecule has 128 valence electrons. The Hall–Kier alpha value is -1.84. The summed E-state index contributed by atoms with van der Waals surface area (Å²) in [4.78, 5) is 18.3. The Labute approximate surface area is 135 Å². The van der Waals surface area contributed by atoms with Crippen molar-refractivity contribution in [3.8, 4) is 0 Å². The molecule has 1 aromatic rings. The van der Waals surface area contributed by atoms with Gasteiger partial charge < -0.3 is 15.6 Å². The summed E-state index contributed by atoms with van der Waals surface area (Å²) < 4.78 is 0. The molecule has 3 N–H and O–H groups in total. The van der Waals surface area contributed by atoms with E-state index in [1.54, 1.807) is 12.1 Å². The van der Waals surface area contributed by atoms with E-state index < -0.39 is 5.97 Å². The molecule has 0 fully saturated rings. The maximum absolute atomic E-state index is 10.3. The predicted molar refractivity (Wildman–Crippen MR) is 95.2 cm³/mol. The van der Waals surface area contributed by atoms with Crippen molar-refractivity contribution in [2.24, 2.45) is 11.8 Å². The van der Waals surface area contributed by atoms with Crippen LogP contribution in [-0.2, 0) is 4.79 Å². The van der Waals surface area contributed by atoms with Crippen LogP contribution in [0.2, 0.25) is 0 Å². The van der Waals surface area contributed by atoms with Gasteiger partial charge in [0.15, 0.2) is 0 Å². The topological polar surface area (TPSA) is 80.4 Å². The van der Waals surface area contributed by atoms with Gasteiger partial charge in [0.1, 0.15) is 6.79 Å². The highest BCUT2D eigenvalue weighted by Crippen LogP contribution is 2.05. The maximum Gasteiger partial charge on any atom is 0.335 e. The first-order chi connectivity index (χ1) is 10.3. The first-order valence-corrected chi connectivity index (χ1v) is 7.63. The largest absolute Gasteiger partial charge is 0.478 e. The molecule has 0 saturated heterocycles. The number of nitrogen functional groups attached to an aromatic ring is 1. The van der Waals surface area contributed by atoms with Gasteiger partial charge >= 0.3 is 5.97 Å². The summed E-state index contributed by atoms with van der Waals surface area (Å²) >= 11 is 0. The monoisotopic (exact) mass is 311 g/mol. The zero-order valence-corrected chi connectivity index (χ0v) is 14.9. The molecule has 0 spiro atoms. The van der Waals surface area contributed by atoms with Gasteiger partial charge in [0.2, 0.25) is 0 Å². The number of anilines is 1. The van der Waals surface area contributed by atoms with Crippen LogP contribution >= 0.6 is 0 Å².